The molecule has 1 heterocycles. The van der Waals surface area contributed by atoms with E-state index >= 15 is 0 Å². The van der Waals surface area contributed by atoms with Crippen molar-refractivity contribution >= 4 is 11.5 Å². The molecule has 0 saturated heterocycles. The molecular weight excluding hydrogens is 188 g/mol. The molecule has 0 unspecified atom stereocenters. The number of hydrogen-bond donors (Lipinski definition) is 1. The third-order valence-corrected chi connectivity index (χ3v) is 2.70. The van der Waals surface area contributed by atoms with E-state index in [1.54, 1.807) is 0 Å². The van der Waals surface area contributed by atoms with Gasteiger partial charge in [0, 0.05) is 20.1 Å². The van der Waals surface area contributed by atoms with Gasteiger partial charge in [0.2, 0.25) is 0 Å². The van der Waals surface area contributed by atoms with Gasteiger partial charge in [0.25, 0.3) is 0 Å². The van der Waals surface area contributed by atoms with E-state index in [0.29, 0.717) is 0 Å². The Bertz CT molecular complexity index is 317. The summed E-state index contributed by atoms with van der Waals surface area (Å²) >= 11 is 0. The monoisotopic (exact) mass is 210 g/mol. The molecular formula is C11H22N4. The minimum absolute atomic E-state index is 0.815. The molecule has 0 radical (unpaired) electrons. The van der Waals surface area contributed by atoms with Crippen molar-refractivity contribution in [1.82, 2.24) is 9.78 Å². The lowest BCUT2D eigenvalue weighted by Gasteiger charge is -2.23. The van der Waals surface area contributed by atoms with Gasteiger partial charge in [-0.05, 0) is 20.3 Å². The van der Waals surface area contributed by atoms with Crippen LogP contribution in [0.1, 0.15) is 32.4 Å². The highest BCUT2D eigenvalue weighted by molar-refractivity contribution is 5.66. The van der Waals surface area contributed by atoms with E-state index in [1.165, 1.54) is 12.8 Å². The lowest BCUT2D eigenvalue weighted by atomic mass is 10.3. The molecule has 86 valence electrons. The van der Waals surface area contributed by atoms with Crippen molar-refractivity contribution in [2.75, 3.05) is 23.7 Å². The van der Waals surface area contributed by atoms with Gasteiger partial charge in [-0.2, -0.15) is 5.10 Å². The molecule has 15 heavy (non-hydrogen) atoms. The lowest BCUT2D eigenvalue weighted by molar-refractivity contribution is 0.678. The number of aryl methyl sites for hydroxylation is 2. The summed E-state index contributed by atoms with van der Waals surface area (Å²) in [5.74, 6) is 1.06. The Balaban J connectivity index is 2.90. The predicted molar refractivity (Wildman–Crippen MR) is 65.2 cm³/mol. The van der Waals surface area contributed by atoms with Crippen LogP contribution in [0.4, 0.5) is 11.5 Å². The molecule has 2 N–H and O–H groups in total. The normalized spacial score (nSPS) is 10.7. The Labute approximate surface area is 92.1 Å². The van der Waals surface area contributed by atoms with Crippen LogP contribution in [-0.2, 0) is 7.05 Å². The summed E-state index contributed by atoms with van der Waals surface area (Å²) in [5, 5.41) is 4.34. The van der Waals surface area contributed by atoms with Gasteiger partial charge in [0.05, 0.1) is 11.4 Å². The summed E-state index contributed by atoms with van der Waals surface area (Å²) in [6, 6.07) is 0. The van der Waals surface area contributed by atoms with E-state index in [0.717, 1.165) is 30.3 Å². The molecule has 0 aliphatic heterocycles. The molecule has 4 nitrogen and oxygen atoms in total. The number of unbranched alkanes of at least 4 members (excludes halogenated alkanes) is 1. The summed E-state index contributed by atoms with van der Waals surface area (Å²) in [5.41, 5.74) is 7.76. The van der Waals surface area contributed by atoms with Crippen LogP contribution in [0.3, 0.4) is 0 Å². The molecule has 0 bridgehead atoms. The van der Waals surface area contributed by atoms with Crippen LogP contribution >= 0.6 is 0 Å². The zero-order valence-electron chi connectivity index (χ0n) is 10.2. The molecule has 0 aromatic carbocycles. The van der Waals surface area contributed by atoms with E-state index in [2.05, 4.69) is 23.8 Å². The molecule has 0 aliphatic carbocycles. The van der Waals surface area contributed by atoms with E-state index in [9.17, 15) is 0 Å². The zero-order valence-corrected chi connectivity index (χ0v) is 10.2. The highest BCUT2D eigenvalue weighted by atomic mass is 15.4. The van der Waals surface area contributed by atoms with E-state index < -0.39 is 0 Å². The fourth-order valence-electron chi connectivity index (χ4n) is 1.80. The quantitative estimate of drug-likeness (QED) is 0.808. The minimum atomic E-state index is 0.815. The molecule has 1 aromatic rings. The van der Waals surface area contributed by atoms with Crippen LogP contribution in [0.5, 0.6) is 0 Å². The van der Waals surface area contributed by atoms with E-state index in [4.69, 9.17) is 5.73 Å². The fraction of sp³-hybridized carbons (Fsp3) is 0.727. The van der Waals surface area contributed by atoms with Crippen molar-refractivity contribution in [3.05, 3.63) is 5.69 Å². The summed E-state index contributed by atoms with van der Waals surface area (Å²) in [7, 11) is 1.95. The minimum Gasteiger partial charge on any atom is -0.394 e. The molecule has 4 heteroatoms. The first-order chi connectivity index (χ1) is 7.11. The van der Waals surface area contributed by atoms with Gasteiger partial charge in [-0.3, -0.25) is 4.68 Å². The Morgan fingerprint density at radius 1 is 1.40 bits per heavy atom. The Hall–Kier alpha value is -1.19. The first-order valence-electron chi connectivity index (χ1n) is 5.65. The first-order valence-corrected chi connectivity index (χ1v) is 5.65. The Kier molecular flexibility index (Phi) is 4.00. The topological polar surface area (TPSA) is 47.1 Å². The van der Waals surface area contributed by atoms with Gasteiger partial charge in [0.1, 0.15) is 5.82 Å². The maximum Gasteiger partial charge on any atom is 0.150 e. The Morgan fingerprint density at radius 3 is 2.47 bits per heavy atom. The molecule has 0 atom stereocenters. The number of anilines is 2. The summed E-state index contributed by atoms with van der Waals surface area (Å²) in [4.78, 5) is 2.29. The van der Waals surface area contributed by atoms with E-state index in [-0.39, 0.29) is 0 Å². The van der Waals surface area contributed by atoms with Crippen molar-refractivity contribution in [2.24, 2.45) is 7.05 Å². The molecule has 1 aromatic heterocycles. The Morgan fingerprint density at radius 2 is 2.07 bits per heavy atom. The van der Waals surface area contributed by atoms with Crippen molar-refractivity contribution < 1.29 is 0 Å². The van der Waals surface area contributed by atoms with Crippen LogP contribution in [0.2, 0.25) is 0 Å². The number of hydrogen-bond acceptors (Lipinski definition) is 3. The number of rotatable bonds is 5. The molecule has 0 fully saturated rings. The average molecular weight is 210 g/mol. The third kappa shape index (κ3) is 2.43. The molecule has 0 spiro atoms. The van der Waals surface area contributed by atoms with Gasteiger partial charge in [-0.25, -0.2) is 0 Å². The van der Waals surface area contributed by atoms with Crippen LogP contribution in [0, 0.1) is 6.92 Å². The van der Waals surface area contributed by atoms with Crippen molar-refractivity contribution in [2.45, 2.75) is 33.6 Å². The second-order valence-electron chi connectivity index (χ2n) is 3.88. The largest absolute Gasteiger partial charge is 0.394 e. The van der Waals surface area contributed by atoms with Crippen molar-refractivity contribution in [3.63, 3.8) is 0 Å². The van der Waals surface area contributed by atoms with Crippen LogP contribution < -0.4 is 10.6 Å². The van der Waals surface area contributed by atoms with Gasteiger partial charge in [-0.1, -0.05) is 13.3 Å². The summed E-state index contributed by atoms with van der Waals surface area (Å²) < 4.78 is 1.88. The summed E-state index contributed by atoms with van der Waals surface area (Å²) in [6.45, 7) is 8.33. The number of nitrogens with zero attached hydrogens (tertiary/aromatic N) is 3. The second-order valence-corrected chi connectivity index (χ2v) is 3.88. The lowest BCUT2D eigenvalue weighted by Crippen LogP contribution is -2.26. The fourth-order valence-corrected chi connectivity index (χ4v) is 1.80. The highest BCUT2D eigenvalue weighted by Gasteiger charge is 2.15. The smallest absolute Gasteiger partial charge is 0.150 e. The maximum atomic E-state index is 6.03. The molecule has 0 aliphatic rings. The highest BCUT2D eigenvalue weighted by Crippen LogP contribution is 2.25. The summed E-state index contributed by atoms with van der Waals surface area (Å²) in [6.07, 6.45) is 2.39. The molecule has 0 amide bonds. The third-order valence-electron chi connectivity index (χ3n) is 2.70. The van der Waals surface area contributed by atoms with Gasteiger partial charge < -0.3 is 10.6 Å². The van der Waals surface area contributed by atoms with Crippen LogP contribution in [-0.4, -0.2) is 22.9 Å². The SMILES string of the molecule is CCCCN(CC)c1c(N)c(C)nn1C. The van der Waals surface area contributed by atoms with Gasteiger partial charge in [-0.15, -0.1) is 0 Å². The van der Waals surface area contributed by atoms with Crippen molar-refractivity contribution in [3.8, 4) is 0 Å². The number of nitrogens with two attached hydrogens (primary N) is 1. The molecule has 1 rings (SSSR count). The van der Waals surface area contributed by atoms with Gasteiger partial charge >= 0.3 is 0 Å². The van der Waals surface area contributed by atoms with Crippen LogP contribution in [0.25, 0.3) is 0 Å². The van der Waals surface area contributed by atoms with Gasteiger partial charge in [0.15, 0.2) is 0 Å². The first kappa shape index (κ1) is 11.9. The number of nitrogen functional groups attached to an aromatic ring is 1. The standard InChI is InChI=1S/C11H22N4/c1-5-7-8-15(6-2)11-10(12)9(3)13-14(11)4/h5-8,12H2,1-4H3. The zero-order chi connectivity index (χ0) is 11.4. The molecule has 0 saturated carbocycles. The maximum absolute atomic E-state index is 6.03. The van der Waals surface area contributed by atoms with E-state index in [1.807, 2.05) is 18.7 Å². The second kappa shape index (κ2) is 5.05. The predicted octanol–water partition coefficient (Wildman–Crippen LogP) is 1.94. The van der Waals surface area contributed by atoms with Crippen LogP contribution in [0.15, 0.2) is 0 Å². The van der Waals surface area contributed by atoms with Crippen molar-refractivity contribution in [1.29, 1.82) is 0 Å². The number of aromatic nitrogens is 2. The average Bonchev–Trinajstić information content (AvgIpc) is 2.45.